The van der Waals surface area contributed by atoms with Gasteiger partial charge in [-0.25, -0.2) is 0 Å². The quantitative estimate of drug-likeness (QED) is 0.533. The lowest BCUT2D eigenvalue weighted by molar-refractivity contribution is -0.149. The molecule has 1 aliphatic rings. The van der Waals surface area contributed by atoms with Crippen molar-refractivity contribution in [3.8, 4) is 6.07 Å². The van der Waals surface area contributed by atoms with E-state index in [1.54, 1.807) is 6.07 Å². The highest BCUT2D eigenvalue weighted by Gasteiger charge is 2.26. The largest absolute Gasteiger partial charge is 0.450 e. The standard InChI is InChI=1S/C7H9NO2/c8-4-5-10-7(9)6-2-1-3-6/h6H,1-3,5H2. The lowest BCUT2D eigenvalue weighted by Gasteiger charge is -2.22. The molecule has 10 heavy (non-hydrogen) atoms. The van der Waals surface area contributed by atoms with Crippen LogP contribution in [-0.2, 0) is 9.53 Å². The van der Waals surface area contributed by atoms with Crippen molar-refractivity contribution in [3.05, 3.63) is 0 Å². The van der Waals surface area contributed by atoms with Gasteiger partial charge < -0.3 is 4.74 Å². The van der Waals surface area contributed by atoms with Crippen LogP contribution >= 0.6 is 0 Å². The van der Waals surface area contributed by atoms with Crippen LogP contribution in [0, 0.1) is 17.2 Å². The average Bonchev–Trinajstić information content (AvgIpc) is 1.79. The molecular formula is C7H9NO2. The molecule has 1 aliphatic carbocycles. The Kier molecular flexibility index (Phi) is 2.27. The Bertz CT molecular complexity index is 167. The maximum absolute atomic E-state index is 10.8. The number of carbonyl (C=O) groups is 1. The molecule has 1 saturated carbocycles. The molecule has 0 radical (unpaired) electrons. The summed E-state index contributed by atoms with van der Waals surface area (Å²) < 4.78 is 4.60. The second-order valence-corrected chi connectivity index (χ2v) is 2.39. The molecule has 3 nitrogen and oxygen atoms in total. The number of esters is 1. The maximum Gasteiger partial charge on any atom is 0.309 e. The third-order valence-corrected chi connectivity index (χ3v) is 1.72. The maximum atomic E-state index is 10.8. The smallest absolute Gasteiger partial charge is 0.309 e. The molecule has 0 aromatic rings. The van der Waals surface area contributed by atoms with Gasteiger partial charge in [0.05, 0.1) is 5.92 Å². The van der Waals surface area contributed by atoms with Crippen molar-refractivity contribution in [1.82, 2.24) is 0 Å². The van der Waals surface area contributed by atoms with Crippen LogP contribution in [-0.4, -0.2) is 12.6 Å². The van der Waals surface area contributed by atoms with E-state index < -0.39 is 0 Å². The number of ether oxygens (including phenoxy) is 1. The van der Waals surface area contributed by atoms with Crippen molar-refractivity contribution in [3.63, 3.8) is 0 Å². The summed E-state index contributed by atoms with van der Waals surface area (Å²) in [4.78, 5) is 10.8. The summed E-state index contributed by atoms with van der Waals surface area (Å²) in [6.45, 7) is -0.102. The Morgan fingerprint density at radius 3 is 2.80 bits per heavy atom. The first-order valence-electron chi connectivity index (χ1n) is 3.38. The van der Waals surface area contributed by atoms with Crippen LogP contribution in [0.1, 0.15) is 19.3 Å². The second-order valence-electron chi connectivity index (χ2n) is 2.39. The Morgan fingerprint density at radius 2 is 2.40 bits per heavy atom. The van der Waals surface area contributed by atoms with Gasteiger partial charge in [-0.15, -0.1) is 0 Å². The zero-order valence-corrected chi connectivity index (χ0v) is 5.67. The highest BCUT2D eigenvalue weighted by Crippen LogP contribution is 2.27. The van der Waals surface area contributed by atoms with Gasteiger partial charge in [-0.05, 0) is 12.8 Å². The van der Waals surface area contributed by atoms with Crippen LogP contribution in [0.5, 0.6) is 0 Å². The molecule has 0 aromatic heterocycles. The molecule has 1 rings (SSSR count). The Hall–Kier alpha value is -1.04. The van der Waals surface area contributed by atoms with E-state index in [-0.39, 0.29) is 18.5 Å². The van der Waals surface area contributed by atoms with Crippen molar-refractivity contribution < 1.29 is 9.53 Å². The zero-order valence-electron chi connectivity index (χ0n) is 5.67. The molecule has 0 aliphatic heterocycles. The van der Waals surface area contributed by atoms with E-state index in [1.165, 1.54) is 0 Å². The summed E-state index contributed by atoms with van der Waals surface area (Å²) in [6, 6.07) is 1.76. The predicted molar refractivity (Wildman–Crippen MR) is 33.9 cm³/mol. The molecule has 0 bridgehead atoms. The van der Waals surface area contributed by atoms with E-state index in [4.69, 9.17) is 5.26 Å². The minimum Gasteiger partial charge on any atom is -0.450 e. The van der Waals surface area contributed by atoms with Crippen LogP contribution in [0.4, 0.5) is 0 Å². The molecule has 1 fully saturated rings. The fraction of sp³-hybridized carbons (Fsp3) is 0.714. The minimum absolute atomic E-state index is 0.0911. The summed E-state index contributed by atoms with van der Waals surface area (Å²) in [5, 5.41) is 8.06. The SMILES string of the molecule is N#CCOC(=O)C1CCC1. The molecule has 0 spiro atoms. The Labute approximate surface area is 59.6 Å². The molecular weight excluding hydrogens is 130 g/mol. The summed E-state index contributed by atoms with van der Waals surface area (Å²) in [7, 11) is 0. The van der Waals surface area contributed by atoms with Crippen LogP contribution in [0.2, 0.25) is 0 Å². The van der Waals surface area contributed by atoms with E-state index in [2.05, 4.69) is 4.74 Å². The van der Waals surface area contributed by atoms with E-state index >= 15 is 0 Å². The highest BCUT2D eigenvalue weighted by atomic mass is 16.5. The first-order chi connectivity index (χ1) is 4.84. The number of nitrogens with zero attached hydrogens (tertiary/aromatic N) is 1. The third-order valence-electron chi connectivity index (χ3n) is 1.72. The molecule has 0 atom stereocenters. The summed E-state index contributed by atoms with van der Waals surface area (Å²) in [5.41, 5.74) is 0. The zero-order chi connectivity index (χ0) is 7.40. The van der Waals surface area contributed by atoms with Gasteiger partial charge in [0.1, 0.15) is 6.07 Å². The molecule has 0 N–H and O–H groups in total. The predicted octanol–water partition coefficient (Wildman–Crippen LogP) is 0.853. The molecule has 54 valence electrons. The third kappa shape index (κ3) is 1.47. The van der Waals surface area contributed by atoms with Gasteiger partial charge >= 0.3 is 5.97 Å². The topological polar surface area (TPSA) is 50.1 Å². The normalized spacial score (nSPS) is 17.1. The number of nitriles is 1. The van der Waals surface area contributed by atoms with Gasteiger partial charge in [0.25, 0.3) is 0 Å². The van der Waals surface area contributed by atoms with Crippen molar-refractivity contribution in [2.45, 2.75) is 19.3 Å². The van der Waals surface area contributed by atoms with Gasteiger partial charge in [0, 0.05) is 0 Å². The highest BCUT2D eigenvalue weighted by molar-refractivity contribution is 5.73. The Morgan fingerprint density at radius 1 is 1.70 bits per heavy atom. The number of rotatable bonds is 2. The van der Waals surface area contributed by atoms with E-state index in [1.807, 2.05) is 0 Å². The fourth-order valence-corrected chi connectivity index (χ4v) is 0.865. The number of hydrogen-bond donors (Lipinski definition) is 0. The van der Waals surface area contributed by atoms with Gasteiger partial charge in [-0.2, -0.15) is 5.26 Å². The van der Waals surface area contributed by atoms with Gasteiger partial charge in [0.15, 0.2) is 6.61 Å². The first-order valence-corrected chi connectivity index (χ1v) is 3.38. The van der Waals surface area contributed by atoms with Crippen LogP contribution < -0.4 is 0 Å². The number of carbonyl (C=O) groups excluding carboxylic acids is 1. The fourth-order valence-electron chi connectivity index (χ4n) is 0.865. The van der Waals surface area contributed by atoms with Gasteiger partial charge in [-0.3, -0.25) is 4.79 Å². The lowest BCUT2D eigenvalue weighted by Crippen LogP contribution is -2.24. The van der Waals surface area contributed by atoms with Crippen LogP contribution in [0.3, 0.4) is 0 Å². The number of hydrogen-bond acceptors (Lipinski definition) is 3. The Balaban J connectivity index is 2.15. The molecule has 0 heterocycles. The summed E-state index contributed by atoms with van der Waals surface area (Å²) >= 11 is 0. The summed E-state index contributed by atoms with van der Waals surface area (Å²) in [6.07, 6.45) is 2.99. The van der Waals surface area contributed by atoms with E-state index in [0.29, 0.717) is 0 Å². The van der Waals surface area contributed by atoms with Crippen molar-refractivity contribution in [1.29, 1.82) is 5.26 Å². The average molecular weight is 139 g/mol. The molecule has 3 heteroatoms. The minimum atomic E-state index is -0.201. The van der Waals surface area contributed by atoms with Gasteiger partial charge in [0.2, 0.25) is 0 Å². The van der Waals surface area contributed by atoms with E-state index in [9.17, 15) is 4.79 Å². The molecule has 0 aromatic carbocycles. The van der Waals surface area contributed by atoms with Crippen molar-refractivity contribution >= 4 is 5.97 Å². The first kappa shape index (κ1) is 7.07. The van der Waals surface area contributed by atoms with Crippen LogP contribution in [0.15, 0.2) is 0 Å². The summed E-state index contributed by atoms with van der Waals surface area (Å²) in [5.74, 6) is -0.110. The van der Waals surface area contributed by atoms with Crippen molar-refractivity contribution in [2.24, 2.45) is 5.92 Å². The van der Waals surface area contributed by atoms with Crippen molar-refractivity contribution in [2.75, 3.05) is 6.61 Å². The lowest BCUT2D eigenvalue weighted by atomic mass is 9.86. The second kappa shape index (κ2) is 3.21. The molecule has 0 amide bonds. The molecule has 0 unspecified atom stereocenters. The van der Waals surface area contributed by atoms with Crippen LogP contribution in [0.25, 0.3) is 0 Å². The van der Waals surface area contributed by atoms with Gasteiger partial charge in [-0.1, -0.05) is 6.42 Å². The van der Waals surface area contributed by atoms with E-state index in [0.717, 1.165) is 19.3 Å². The monoisotopic (exact) mass is 139 g/mol. The molecule has 0 saturated heterocycles.